The third kappa shape index (κ3) is 4.33. The summed E-state index contributed by atoms with van der Waals surface area (Å²) in [7, 11) is 0. The van der Waals surface area contributed by atoms with E-state index in [9.17, 15) is 14.4 Å². The number of ether oxygens (including phenoxy) is 1. The topological polar surface area (TPSA) is 79.0 Å². The Labute approximate surface area is 185 Å². The van der Waals surface area contributed by atoms with Crippen molar-refractivity contribution in [2.45, 2.75) is 13.5 Å². The minimum atomic E-state index is -0.362. The van der Waals surface area contributed by atoms with Crippen molar-refractivity contribution in [2.75, 3.05) is 31.6 Å². The first-order valence-corrected chi connectivity index (χ1v) is 10.4. The molecule has 160 valence electrons. The standard InChI is InChI=1S/C23H22ClN3O4/c1-15(28)25-18-8-6-16(7-9-18)20-21(26-10-12-31-13-11-26)23(30)27(22(20)29)14-17-4-2-3-5-19(17)24/h2-9H,10-14H2,1H3,(H,25,28). The summed E-state index contributed by atoms with van der Waals surface area (Å²) in [6, 6.07) is 14.1. The molecule has 1 saturated heterocycles. The van der Waals surface area contributed by atoms with Crippen LogP contribution in [0.3, 0.4) is 0 Å². The predicted octanol–water partition coefficient (Wildman–Crippen LogP) is 2.91. The number of halogens is 1. The number of imide groups is 1. The zero-order valence-corrected chi connectivity index (χ0v) is 17.8. The number of carbonyl (C=O) groups is 3. The number of nitrogens with one attached hydrogen (secondary N) is 1. The van der Waals surface area contributed by atoms with Gasteiger partial charge in [-0.1, -0.05) is 41.9 Å². The van der Waals surface area contributed by atoms with Crippen LogP contribution in [0.4, 0.5) is 5.69 Å². The lowest BCUT2D eigenvalue weighted by Crippen LogP contribution is -2.40. The Morgan fingerprint density at radius 1 is 1.03 bits per heavy atom. The molecule has 2 aliphatic heterocycles. The average Bonchev–Trinajstić information content (AvgIpc) is 3.01. The van der Waals surface area contributed by atoms with Crippen LogP contribution in [0.1, 0.15) is 18.1 Å². The molecule has 2 aromatic rings. The lowest BCUT2D eigenvalue weighted by molar-refractivity contribution is -0.138. The molecule has 0 bridgehead atoms. The number of amides is 3. The molecule has 1 N–H and O–H groups in total. The van der Waals surface area contributed by atoms with Crippen molar-refractivity contribution in [1.82, 2.24) is 9.80 Å². The van der Waals surface area contributed by atoms with Gasteiger partial charge in [-0.05, 0) is 29.3 Å². The van der Waals surface area contributed by atoms with E-state index in [1.807, 2.05) is 11.0 Å². The van der Waals surface area contributed by atoms with E-state index < -0.39 is 0 Å². The molecule has 8 heteroatoms. The number of carbonyl (C=O) groups excluding carboxylic acids is 3. The third-order valence-corrected chi connectivity index (χ3v) is 5.62. The summed E-state index contributed by atoms with van der Waals surface area (Å²) >= 11 is 6.27. The first-order valence-electron chi connectivity index (χ1n) is 10.0. The quantitative estimate of drug-likeness (QED) is 0.725. The zero-order chi connectivity index (χ0) is 22.0. The van der Waals surface area contributed by atoms with E-state index in [0.717, 1.165) is 0 Å². The monoisotopic (exact) mass is 439 g/mol. The molecule has 0 spiro atoms. The Morgan fingerprint density at radius 3 is 2.35 bits per heavy atom. The van der Waals surface area contributed by atoms with Crippen LogP contribution in [0.15, 0.2) is 54.2 Å². The predicted molar refractivity (Wildman–Crippen MR) is 117 cm³/mol. The second-order valence-corrected chi connectivity index (χ2v) is 7.78. The minimum Gasteiger partial charge on any atom is -0.378 e. The van der Waals surface area contributed by atoms with Gasteiger partial charge in [0, 0.05) is 30.7 Å². The minimum absolute atomic E-state index is 0.0959. The van der Waals surface area contributed by atoms with E-state index in [1.54, 1.807) is 42.5 Å². The van der Waals surface area contributed by atoms with E-state index in [-0.39, 0.29) is 24.3 Å². The zero-order valence-electron chi connectivity index (χ0n) is 17.1. The number of anilines is 1. The SMILES string of the molecule is CC(=O)Nc1ccc(C2=C(N3CCOCC3)C(=O)N(Cc3ccccc3Cl)C2=O)cc1. The lowest BCUT2D eigenvalue weighted by Gasteiger charge is -2.29. The van der Waals surface area contributed by atoms with Crippen LogP contribution in [0.5, 0.6) is 0 Å². The molecule has 3 amide bonds. The normalized spacial score (nSPS) is 16.8. The van der Waals surface area contributed by atoms with Crippen molar-refractivity contribution in [1.29, 1.82) is 0 Å². The number of hydrogen-bond donors (Lipinski definition) is 1. The van der Waals surface area contributed by atoms with Crippen LogP contribution in [-0.2, 0) is 25.7 Å². The molecule has 2 heterocycles. The van der Waals surface area contributed by atoms with Crippen LogP contribution < -0.4 is 5.32 Å². The maximum absolute atomic E-state index is 13.4. The van der Waals surface area contributed by atoms with E-state index >= 15 is 0 Å². The van der Waals surface area contributed by atoms with E-state index in [0.29, 0.717) is 59.4 Å². The first kappa shape index (κ1) is 21.1. The Balaban J connectivity index is 1.71. The summed E-state index contributed by atoms with van der Waals surface area (Å²) in [5, 5.41) is 3.21. The highest BCUT2D eigenvalue weighted by atomic mass is 35.5. The van der Waals surface area contributed by atoms with Crippen LogP contribution >= 0.6 is 11.6 Å². The molecule has 0 aliphatic carbocycles. The van der Waals surface area contributed by atoms with Crippen molar-refractivity contribution in [3.05, 3.63) is 70.4 Å². The van der Waals surface area contributed by atoms with Gasteiger partial charge in [-0.2, -0.15) is 0 Å². The molecule has 31 heavy (non-hydrogen) atoms. The maximum Gasteiger partial charge on any atom is 0.278 e. The molecular formula is C23H22ClN3O4. The summed E-state index contributed by atoms with van der Waals surface area (Å²) < 4.78 is 5.42. The second-order valence-electron chi connectivity index (χ2n) is 7.37. The van der Waals surface area contributed by atoms with Gasteiger partial charge in [0.05, 0.1) is 25.3 Å². The molecule has 4 rings (SSSR count). The van der Waals surface area contributed by atoms with Crippen molar-refractivity contribution in [3.63, 3.8) is 0 Å². The number of rotatable bonds is 5. The second kappa shape index (κ2) is 8.91. The molecule has 0 atom stereocenters. The molecule has 1 fully saturated rings. The highest BCUT2D eigenvalue weighted by molar-refractivity contribution is 6.36. The lowest BCUT2D eigenvalue weighted by atomic mass is 10.0. The van der Waals surface area contributed by atoms with Gasteiger partial charge in [-0.15, -0.1) is 0 Å². The third-order valence-electron chi connectivity index (χ3n) is 5.25. The Morgan fingerprint density at radius 2 is 1.71 bits per heavy atom. The van der Waals surface area contributed by atoms with Gasteiger partial charge in [0.25, 0.3) is 11.8 Å². The fourth-order valence-electron chi connectivity index (χ4n) is 3.77. The van der Waals surface area contributed by atoms with Crippen molar-refractivity contribution >= 4 is 40.6 Å². The van der Waals surface area contributed by atoms with E-state index in [1.165, 1.54) is 11.8 Å². The first-order chi connectivity index (χ1) is 15.0. The number of morpholine rings is 1. The molecule has 2 aromatic carbocycles. The summed E-state index contributed by atoms with van der Waals surface area (Å²) in [6.45, 7) is 3.56. The van der Waals surface area contributed by atoms with E-state index in [4.69, 9.17) is 16.3 Å². The molecule has 0 unspecified atom stereocenters. The fraction of sp³-hybridized carbons (Fsp3) is 0.261. The van der Waals surface area contributed by atoms with Crippen LogP contribution in [0.2, 0.25) is 5.02 Å². The summed E-state index contributed by atoms with van der Waals surface area (Å²) in [6.07, 6.45) is 0. The van der Waals surface area contributed by atoms with Gasteiger partial charge in [-0.25, -0.2) is 0 Å². The number of nitrogens with zero attached hydrogens (tertiary/aromatic N) is 2. The Bertz CT molecular complexity index is 1060. The fourth-order valence-corrected chi connectivity index (χ4v) is 3.96. The summed E-state index contributed by atoms with van der Waals surface area (Å²) in [4.78, 5) is 41.3. The Kier molecular flexibility index (Phi) is 6.06. The molecule has 2 aliphatic rings. The van der Waals surface area contributed by atoms with Crippen LogP contribution in [0.25, 0.3) is 5.57 Å². The number of hydrogen-bond acceptors (Lipinski definition) is 5. The van der Waals surface area contributed by atoms with Gasteiger partial charge in [0.1, 0.15) is 5.70 Å². The Hall–Kier alpha value is -3.16. The molecule has 0 radical (unpaired) electrons. The van der Waals surface area contributed by atoms with Gasteiger partial charge in [0.15, 0.2) is 0 Å². The van der Waals surface area contributed by atoms with Crippen molar-refractivity contribution in [2.24, 2.45) is 0 Å². The van der Waals surface area contributed by atoms with Gasteiger partial charge in [0.2, 0.25) is 5.91 Å². The molecule has 0 saturated carbocycles. The van der Waals surface area contributed by atoms with Gasteiger partial charge in [-0.3, -0.25) is 19.3 Å². The van der Waals surface area contributed by atoms with Crippen LogP contribution in [-0.4, -0.2) is 53.8 Å². The van der Waals surface area contributed by atoms with Crippen LogP contribution in [0, 0.1) is 0 Å². The van der Waals surface area contributed by atoms with Gasteiger partial charge >= 0.3 is 0 Å². The van der Waals surface area contributed by atoms with Crippen molar-refractivity contribution < 1.29 is 19.1 Å². The largest absolute Gasteiger partial charge is 0.378 e. The number of benzene rings is 2. The molecule has 7 nitrogen and oxygen atoms in total. The van der Waals surface area contributed by atoms with E-state index in [2.05, 4.69) is 5.32 Å². The highest BCUT2D eigenvalue weighted by Crippen LogP contribution is 2.34. The average molecular weight is 440 g/mol. The summed E-state index contributed by atoms with van der Waals surface area (Å²) in [5.74, 6) is -0.884. The highest BCUT2D eigenvalue weighted by Gasteiger charge is 2.42. The molecular weight excluding hydrogens is 418 g/mol. The summed E-state index contributed by atoms with van der Waals surface area (Å²) in [5.41, 5.74) is 2.68. The maximum atomic E-state index is 13.4. The smallest absolute Gasteiger partial charge is 0.278 e. The van der Waals surface area contributed by atoms with Crippen molar-refractivity contribution in [3.8, 4) is 0 Å². The molecule has 0 aromatic heterocycles. The van der Waals surface area contributed by atoms with Gasteiger partial charge < -0.3 is 15.0 Å².